The average molecular weight is 292 g/mol. The first-order valence-corrected chi connectivity index (χ1v) is 6.97. The van der Waals surface area contributed by atoms with E-state index < -0.39 is 5.60 Å². The molecule has 0 radical (unpaired) electrons. The van der Waals surface area contributed by atoms with Gasteiger partial charge in [0.1, 0.15) is 5.82 Å². The van der Waals surface area contributed by atoms with E-state index in [1.165, 1.54) is 12.1 Å². The Hall–Kier alpha value is -1.95. The van der Waals surface area contributed by atoms with Gasteiger partial charge in [-0.25, -0.2) is 4.39 Å². The van der Waals surface area contributed by atoms with Crippen molar-refractivity contribution < 1.29 is 18.8 Å². The zero-order valence-electron chi connectivity index (χ0n) is 11.8. The van der Waals surface area contributed by atoms with Crippen molar-refractivity contribution in [2.24, 2.45) is 5.16 Å². The summed E-state index contributed by atoms with van der Waals surface area (Å²) in [6, 6.07) is 6.03. The molecule has 21 heavy (non-hydrogen) atoms. The summed E-state index contributed by atoms with van der Waals surface area (Å²) in [7, 11) is 0. The largest absolute Gasteiger partial charge is 0.379 e. The molecule has 3 rings (SSSR count). The zero-order valence-corrected chi connectivity index (χ0v) is 11.8. The number of halogens is 1. The number of hydrogen-bond donors (Lipinski definition) is 0. The summed E-state index contributed by atoms with van der Waals surface area (Å²) in [4.78, 5) is 19.7. The number of rotatable bonds is 2. The molecule has 1 saturated heterocycles. The topological polar surface area (TPSA) is 51.1 Å². The molecule has 1 fully saturated rings. The third-order valence-electron chi connectivity index (χ3n) is 3.79. The highest BCUT2D eigenvalue weighted by Crippen LogP contribution is 2.29. The van der Waals surface area contributed by atoms with Gasteiger partial charge in [0.05, 0.1) is 18.9 Å². The van der Waals surface area contributed by atoms with E-state index in [1.54, 1.807) is 24.0 Å². The molecule has 0 N–H and O–H groups in total. The van der Waals surface area contributed by atoms with E-state index in [9.17, 15) is 9.18 Å². The zero-order chi connectivity index (χ0) is 14.9. The molecule has 2 aliphatic rings. The third-order valence-corrected chi connectivity index (χ3v) is 3.79. The number of benzene rings is 1. The lowest BCUT2D eigenvalue weighted by Crippen LogP contribution is -2.51. The van der Waals surface area contributed by atoms with Crippen molar-refractivity contribution >= 4 is 11.6 Å². The van der Waals surface area contributed by atoms with Gasteiger partial charge >= 0.3 is 0 Å². The summed E-state index contributed by atoms with van der Waals surface area (Å²) in [5.74, 6) is -0.378. The maximum atomic E-state index is 13.0. The number of amides is 1. The summed E-state index contributed by atoms with van der Waals surface area (Å²) in [6.45, 7) is 3.99. The van der Waals surface area contributed by atoms with Crippen molar-refractivity contribution in [3.05, 3.63) is 35.6 Å². The van der Waals surface area contributed by atoms with Crippen LogP contribution < -0.4 is 0 Å². The van der Waals surface area contributed by atoms with Gasteiger partial charge in [0.25, 0.3) is 5.91 Å². The fourth-order valence-corrected chi connectivity index (χ4v) is 2.55. The van der Waals surface area contributed by atoms with Gasteiger partial charge in [-0.3, -0.25) is 4.79 Å². The fraction of sp³-hybridized carbons (Fsp3) is 0.467. The number of carbonyl (C=O) groups is 1. The molecule has 0 aliphatic carbocycles. The van der Waals surface area contributed by atoms with Crippen LogP contribution in [0.2, 0.25) is 0 Å². The Bertz CT molecular complexity index is 567. The first-order valence-electron chi connectivity index (χ1n) is 6.97. The van der Waals surface area contributed by atoms with E-state index >= 15 is 0 Å². The molecule has 6 heteroatoms. The molecular formula is C15H17FN2O3. The van der Waals surface area contributed by atoms with E-state index in [0.29, 0.717) is 38.4 Å². The van der Waals surface area contributed by atoms with E-state index in [4.69, 9.17) is 9.57 Å². The molecule has 2 heterocycles. The van der Waals surface area contributed by atoms with Crippen LogP contribution in [0, 0.1) is 5.82 Å². The van der Waals surface area contributed by atoms with Crippen molar-refractivity contribution in [3.8, 4) is 0 Å². The van der Waals surface area contributed by atoms with Crippen LogP contribution in [0.1, 0.15) is 18.9 Å². The summed E-state index contributed by atoms with van der Waals surface area (Å²) in [6.07, 6.45) is 0.384. The second kappa shape index (κ2) is 5.44. The first-order chi connectivity index (χ1) is 10.1. The summed E-state index contributed by atoms with van der Waals surface area (Å²) in [5.41, 5.74) is 0.454. The highest BCUT2D eigenvalue weighted by molar-refractivity contribution is 6.05. The smallest absolute Gasteiger partial charge is 0.269 e. The van der Waals surface area contributed by atoms with Crippen molar-refractivity contribution in [2.45, 2.75) is 18.9 Å². The SMILES string of the molecule is C[C@@]1(C(=O)N2CCOCC2)CC(c2ccc(F)cc2)=NO1. The molecule has 1 amide bonds. The van der Waals surface area contributed by atoms with E-state index in [-0.39, 0.29) is 11.7 Å². The van der Waals surface area contributed by atoms with Gasteiger partial charge < -0.3 is 14.5 Å². The highest BCUT2D eigenvalue weighted by Gasteiger charge is 2.44. The van der Waals surface area contributed by atoms with Crippen LogP contribution in [0.4, 0.5) is 4.39 Å². The van der Waals surface area contributed by atoms with Crippen molar-refractivity contribution in [2.75, 3.05) is 26.3 Å². The predicted octanol–water partition coefficient (Wildman–Crippen LogP) is 1.57. The molecule has 1 aromatic carbocycles. The maximum absolute atomic E-state index is 13.0. The minimum absolute atomic E-state index is 0.0772. The first kappa shape index (κ1) is 14.0. The molecule has 1 aromatic rings. The summed E-state index contributed by atoms with van der Waals surface area (Å²) < 4.78 is 18.2. The van der Waals surface area contributed by atoms with Crippen molar-refractivity contribution in [3.63, 3.8) is 0 Å². The molecule has 0 bridgehead atoms. The van der Waals surface area contributed by atoms with Gasteiger partial charge in [-0.15, -0.1) is 0 Å². The minimum atomic E-state index is -0.985. The normalized spacial score (nSPS) is 25.4. The van der Waals surface area contributed by atoms with E-state index in [0.717, 1.165) is 5.56 Å². The molecule has 112 valence electrons. The summed E-state index contributed by atoms with van der Waals surface area (Å²) >= 11 is 0. The number of morpholine rings is 1. The standard InChI is InChI=1S/C15H17FN2O3/c1-15(14(19)18-6-8-20-9-7-18)10-13(17-21-15)11-2-4-12(16)5-3-11/h2-5H,6-10H2,1H3/t15-/m0/s1. The Morgan fingerprint density at radius 1 is 1.29 bits per heavy atom. The Morgan fingerprint density at radius 2 is 1.95 bits per heavy atom. The Labute approximate surface area is 122 Å². The molecule has 0 unspecified atom stereocenters. The van der Waals surface area contributed by atoms with Crippen LogP contribution in [-0.2, 0) is 14.4 Å². The molecule has 2 aliphatic heterocycles. The second-order valence-electron chi connectivity index (χ2n) is 5.45. The van der Waals surface area contributed by atoms with Crippen LogP contribution in [0.25, 0.3) is 0 Å². The van der Waals surface area contributed by atoms with Gasteiger partial charge in [-0.1, -0.05) is 17.3 Å². The van der Waals surface area contributed by atoms with E-state index in [2.05, 4.69) is 5.16 Å². The molecular weight excluding hydrogens is 275 g/mol. The number of oxime groups is 1. The number of hydrogen-bond acceptors (Lipinski definition) is 4. The Balaban J connectivity index is 1.71. The van der Waals surface area contributed by atoms with Crippen LogP contribution in [0.15, 0.2) is 29.4 Å². The molecule has 1 atom stereocenters. The third kappa shape index (κ3) is 2.76. The second-order valence-corrected chi connectivity index (χ2v) is 5.45. The van der Waals surface area contributed by atoms with Gasteiger partial charge in [0.15, 0.2) is 0 Å². The van der Waals surface area contributed by atoms with Crippen LogP contribution in [0.5, 0.6) is 0 Å². The van der Waals surface area contributed by atoms with Gasteiger partial charge in [-0.05, 0) is 24.6 Å². The van der Waals surface area contributed by atoms with Crippen molar-refractivity contribution in [1.29, 1.82) is 0 Å². The van der Waals surface area contributed by atoms with Crippen LogP contribution in [0.3, 0.4) is 0 Å². The lowest BCUT2D eigenvalue weighted by molar-refractivity contribution is -0.157. The Kier molecular flexibility index (Phi) is 3.63. The maximum Gasteiger partial charge on any atom is 0.269 e. The quantitative estimate of drug-likeness (QED) is 0.831. The number of carbonyl (C=O) groups excluding carboxylic acids is 1. The number of nitrogens with zero attached hydrogens (tertiary/aromatic N) is 2. The lowest BCUT2D eigenvalue weighted by Gasteiger charge is -2.32. The predicted molar refractivity (Wildman–Crippen MR) is 74.4 cm³/mol. The molecule has 0 saturated carbocycles. The summed E-state index contributed by atoms with van der Waals surface area (Å²) in [5, 5.41) is 4.02. The number of ether oxygens (including phenoxy) is 1. The minimum Gasteiger partial charge on any atom is -0.379 e. The Morgan fingerprint density at radius 3 is 2.62 bits per heavy atom. The van der Waals surface area contributed by atoms with Gasteiger partial charge in [0, 0.05) is 19.5 Å². The van der Waals surface area contributed by atoms with Crippen molar-refractivity contribution in [1.82, 2.24) is 4.90 Å². The van der Waals surface area contributed by atoms with E-state index in [1.807, 2.05) is 0 Å². The molecule has 5 nitrogen and oxygen atoms in total. The highest BCUT2D eigenvalue weighted by atomic mass is 19.1. The van der Waals surface area contributed by atoms with Crippen LogP contribution >= 0.6 is 0 Å². The molecule has 0 spiro atoms. The average Bonchev–Trinajstić information content (AvgIpc) is 2.92. The molecule has 0 aromatic heterocycles. The fourth-order valence-electron chi connectivity index (χ4n) is 2.55. The van der Waals surface area contributed by atoms with Gasteiger partial charge in [-0.2, -0.15) is 0 Å². The van der Waals surface area contributed by atoms with Gasteiger partial charge in [0.2, 0.25) is 5.60 Å². The monoisotopic (exact) mass is 292 g/mol. The lowest BCUT2D eigenvalue weighted by atomic mass is 9.94. The van der Waals surface area contributed by atoms with Crippen LogP contribution in [-0.4, -0.2) is 48.4 Å².